The molecular formula is C19H23BrN2O3. The number of hydrogen-bond donors (Lipinski definition) is 0. The maximum Gasteiger partial charge on any atom is 0.257 e. The highest BCUT2D eigenvalue weighted by molar-refractivity contribution is 9.10. The molecule has 1 aromatic rings. The maximum atomic E-state index is 13.1. The number of nitrogens with zero attached hydrogens (tertiary/aromatic N) is 2. The monoisotopic (exact) mass is 406 g/mol. The minimum absolute atomic E-state index is 0.00968. The average Bonchev–Trinajstić information content (AvgIpc) is 3.37. The predicted octanol–water partition coefficient (Wildman–Crippen LogP) is 3.51. The molecular weight excluding hydrogens is 384 g/mol. The Kier molecular flexibility index (Phi) is 4.75. The average molecular weight is 407 g/mol. The summed E-state index contributed by atoms with van der Waals surface area (Å²) < 4.78 is 0.879. The van der Waals surface area contributed by atoms with Crippen LogP contribution in [0.2, 0.25) is 0 Å². The lowest BCUT2D eigenvalue weighted by atomic mass is 9.95. The fraction of sp³-hybridized carbons (Fsp3) is 0.526. The van der Waals surface area contributed by atoms with Gasteiger partial charge in [0, 0.05) is 15.9 Å². The highest BCUT2D eigenvalue weighted by Crippen LogP contribution is 2.38. The summed E-state index contributed by atoms with van der Waals surface area (Å²) in [6, 6.07) is 6.36. The minimum Gasteiger partial charge on any atom is -0.325 e. The van der Waals surface area contributed by atoms with E-state index < -0.39 is 11.6 Å². The summed E-state index contributed by atoms with van der Waals surface area (Å²) in [6.07, 6.45) is 2.53. The van der Waals surface area contributed by atoms with Crippen molar-refractivity contribution >= 4 is 39.3 Å². The molecule has 6 heteroatoms. The number of imide groups is 1. The number of carbonyl (C=O) groups is 3. The molecule has 0 aromatic heterocycles. The van der Waals surface area contributed by atoms with Crippen LogP contribution >= 0.6 is 15.9 Å². The molecule has 134 valence electrons. The lowest BCUT2D eigenvalue weighted by molar-refractivity contribution is -0.146. The van der Waals surface area contributed by atoms with Gasteiger partial charge in [-0.2, -0.15) is 0 Å². The van der Waals surface area contributed by atoms with Gasteiger partial charge in [0.15, 0.2) is 0 Å². The third-order valence-electron chi connectivity index (χ3n) is 5.20. The summed E-state index contributed by atoms with van der Waals surface area (Å²) in [4.78, 5) is 41.4. The van der Waals surface area contributed by atoms with Gasteiger partial charge in [-0.25, -0.2) is 4.90 Å². The first-order valence-corrected chi connectivity index (χ1v) is 9.51. The number of amides is 3. The van der Waals surface area contributed by atoms with Gasteiger partial charge < -0.3 is 4.90 Å². The maximum absolute atomic E-state index is 13.1. The van der Waals surface area contributed by atoms with Crippen LogP contribution in [0.1, 0.15) is 46.5 Å². The zero-order valence-corrected chi connectivity index (χ0v) is 16.4. The van der Waals surface area contributed by atoms with E-state index in [0.717, 1.165) is 23.7 Å². The SMILES string of the molecule is CCC(C)(C)N(C(=O)C1CC1)C1CC(=O)N(c2ccc(Br)cc2)C1=O. The number of benzene rings is 1. The van der Waals surface area contributed by atoms with Crippen molar-refractivity contribution in [3.05, 3.63) is 28.7 Å². The van der Waals surface area contributed by atoms with Crippen molar-refractivity contribution < 1.29 is 14.4 Å². The Morgan fingerprint density at radius 3 is 2.36 bits per heavy atom. The van der Waals surface area contributed by atoms with Gasteiger partial charge in [0.25, 0.3) is 5.91 Å². The summed E-state index contributed by atoms with van der Waals surface area (Å²) in [7, 11) is 0. The Bertz CT molecular complexity index is 710. The lowest BCUT2D eigenvalue weighted by Crippen LogP contribution is -2.56. The zero-order chi connectivity index (χ0) is 18.4. The summed E-state index contributed by atoms with van der Waals surface area (Å²) in [6.45, 7) is 5.93. The molecule has 3 amide bonds. The summed E-state index contributed by atoms with van der Waals surface area (Å²) in [5, 5.41) is 0. The normalized spacial score (nSPS) is 21.0. The van der Waals surface area contributed by atoms with E-state index in [-0.39, 0.29) is 30.1 Å². The molecule has 1 aliphatic heterocycles. The molecule has 0 N–H and O–H groups in total. The topological polar surface area (TPSA) is 57.7 Å². The highest BCUT2D eigenvalue weighted by Gasteiger charge is 2.50. The van der Waals surface area contributed by atoms with Crippen molar-refractivity contribution in [3.63, 3.8) is 0 Å². The van der Waals surface area contributed by atoms with Crippen molar-refractivity contribution in [2.24, 2.45) is 5.92 Å². The van der Waals surface area contributed by atoms with Crippen molar-refractivity contribution in [2.75, 3.05) is 4.90 Å². The first-order chi connectivity index (χ1) is 11.8. The van der Waals surface area contributed by atoms with Gasteiger partial charge in [-0.05, 0) is 57.4 Å². The Morgan fingerprint density at radius 2 is 1.84 bits per heavy atom. The van der Waals surface area contributed by atoms with Crippen LogP contribution < -0.4 is 4.90 Å². The molecule has 1 aliphatic carbocycles. The van der Waals surface area contributed by atoms with E-state index in [4.69, 9.17) is 0 Å². The summed E-state index contributed by atoms with van der Waals surface area (Å²) in [5.41, 5.74) is 0.0875. The second kappa shape index (κ2) is 6.56. The number of rotatable bonds is 5. The quantitative estimate of drug-likeness (QED) is 0.702. The molecule has 1 saturated carbocycles. The van der Waals surface area contributed by atoms with Gasteiger partial charge in [-0.15, -0.1) is 0 Å². The fourth-order valence-electron chi connectivity index (χ4n) is 3.25. The van der Waals surface area contributed by atoms with Gasteiger partial charge in [0.05, 0.1) is 12.1 Å². The number of hydrogen-bond acceptors (Lipinski definition) is 3. The van der Waals surface area contributed by atoms with Crippen LogP contribution in [0.5, 0.6) is 0 Å². The van der Waals surface area contributed by atoms with E-state index in [2.05, 4.69) is 15.9 Å². The molecule has 3 rings (SSSR count). The second-order valence-electron chi connectivity index (χ2n) is 7.41. The Labute approximate surface area is 156 Å². The Balaban J connectivity index is 1.92. The van der Waals surface area contributed by atoms with E-state index in [1.165, 1.54) is 4.90 Å². The van der Waals surface area contributed by atoms with Crippen LogP contribution in [-0.4, -0.2) is 34.2 Å². The van der Waals surface area contributed by atoms with Gasteiger partial charge in [-0.3, -0.25) is 14.4 Å². The van der Waals surface area contributed by atoms with Crippen LogP contribution in [0, 0.1) is 5.92 Å². The van der Waals surface area contributed by atoms with E-state index in [0.29, 0.717) is 5.69 Å². The molecule has 25 heavy (non-hydrogen) atoms. The standard InChI is InChI=1S/C19H23BrN2O3/c1-4-19(2,3)22(17(24)12-5-6-12)15-11-16(23)21(18(15)25)14-9-7-13(20)8-10-14/h7-10,12,15H,4-6,11H2,1-3H3. The Morgan fingerprint density at radius 1 is 1.24 bits per heavy atom. The van der Waals surface area contributed by atoms with E-state index >= 15 is 0 Å². The first-order valence-electron chi connectivity index (χ1n) is 8.72. The molecule has 0 spiro atoms. The summed E-state index contributed by atoms with van der Waals surface area (Å²) >= 11 is 3.36. The third-order valence-corrected chi connectivity index (χ3v) is 5.73. The molecule has 0 radical (unpaired) electrons. The molecule has 1 aromatic carbocycles. The molecule has 1 saturated heterocycles. The van der Waals surface area contributed by atoms with E-state index in [9.17, 15) is 14.4 Å². The van der Waals surface area contributed by atoms with E-state index in [1.807, 2.05) is 20.8 Å². The second-order valence-corrected chi connectivity index (χ2v) is 8.33. The fourth-order valence-corrected chi connectivity index (χ4v) is 3.51. The van der Waals surface area contributed by atoms with Crippen LogP contribution in [0.4, 0.5) is 5.69 Å². The zero-order valence-electron chi connectivity index (χ0n) is 14.8. The molecule has 2 fully saturated rings. The molecule has 1 unspecified atom stereocenters. The molecule has 1 atom stereocenters. The van der Waals surface area contributed by atoms with Gasteiger partial charge in [-0.1, -0.05) is 22.9 Å². The first kappa shape index (κ1) is 18.1. The van der Waals surface area contributed by atoms with Gasteiger partial charge in [0.2, 0.25) is 11.8 Å². The largest absolute Gasteiger partial charge is 0.325 e. The lowest BCUT2D eigenvalue weighted by Gasteiger charge is -2.41. The smallest absolute Gasteiger partial charge is 0.257 e. The molecule has 1 heterocycles. The van der Waals surface area contributed by atoms with Crippen LogP contribution in [0.3, 0.4) is 0 Å². The highest BCUT2D eigenvalue weighted by atomic mass is 79.9. The number of halogens is 1. The van der Waals surface area contributed by atoms with Crippen LogP contribution in [0.15, 0.2) is 28.7 Å². The number of anilines is 1. The van der Waals surface area contributed by atoms with Crippen molar-refractivity contribution in [1.29, 1.82) is 0 Å². The number of carbonyl (C=O) groups excluding carboxylic acids is 3. The van der Waals surface area contributed by atoms with Crippen LogP contribution in [-0.2, 0) is 14.4 Å². The van der Waals surface area contributed by atoms with Gasteiger partial charge in [0.1, 0.15) is 6.04 Å². The van der Waals surface area contributed by atoms with Gasteiger partial charge >= 0.3 is 0 Å². The molecule has 0 bridgehead atoms. The predicted molar refractivity (Wildman–Crippen MR) is 99.0 cm³/mol. The van der Waals surface area contributed by atoms with Crippen molar-refractivity contribution in [3.8, 4) is 0 Å². The van der Waals surface area contributed by atoms with Crippen LogP contribution in [0.25, 0.3) is 0 Å². The molecule has 5 nitrogen and oxygen atoms in total. The minimum atomic E-state index is -0.709. The van der Waals surface area contributed by atoms with Crippen molar-refractivity contribution in [2.45, 2.75) is 58.0 Å². The molecule has 2 aliphatic rings. The Hall–Kier alpha value is -1.69. The van der Waals surface area contributed by atoms with Crippen molar-refractivity contribution in [1.82, 2.24) is 4.90 Å². The van der Waals surface area contributed by atoms with E-state index in [1.54, 1.807) is 29.2 Å². The summed E-state index contributed by atoms with van der Waals surface area (Å²) in [5.74, 6) is -0.535. The third kappa shape index (κ3) is 3.36.